The second-order valence-corrected chi connectivity index (χ2v) is 7.41. The second-order valence-electron chi connectivity index (χ2n) is 7.41. The molecule has 6 nitrogen and oxygen atoms in total. The van der Waals surface area contributed by atoms with Crippen LogP contribution >= 0.6 is 0 Å². The van der Waals surface area contributed by atoms with Crippen molar-refractivity contribution in [2.45, 2.75) is 39.2 Å². The largest absolute Gasteiger partial charge is 0.497 e. The summed E-state index contributed by atoms with van der Waals surface area (Å²) in [5.41, 5.74) is 0.985. The molecule has 1 heterocycles. The summed E-state index contributed by atoms with van der Waals surface area (Å²) >= 11 is 0. The Bertz CT molecular complexity index is 586. The van der Waals surface area contributed by atoms with E-state index in [1.807, 2.05) is 18.2 Å². The number of hydrogen-bond donors (Lipinski definition) is 1. The Kier molecular flexibility index (Phi) is 8.88. The molecule has 2 rings (SSSR count). The van der Waals surface area contributed by atoms with E-state index in [2.05, 4.69) is 24.1 Å². The summed E-state index contributed by atoms with van der Waals surface area (Å²) in [6.45, 7) is 8.57. The average molecular weight is 379 g/mol. The summed E-state index contributed by atoms with van der Waals surface area (Å²) in [5, 5.41) is 3.13. The topological polar surface area (TPSA) is 60.0 Å². The van der Waals surface area contributed by atoms with Gasteiger partial charge in [0, 0.05) is 32.1 Å². The van der Waals surface area contributed by atoms with E-state index in [9.17, 15) is 4.79 Å². The van der Waals surface area contributed by atoms with Crippen LogP contribution in [0.25, 0.3) is 0 Å². The van der Waals surface area contributed by atoms with E-state index in [-0.39, 0.29) is 5.91 Å². The van der Waals surface area contributed by atoms with Crippen molar-refractivity contribution in [3.05, 3.63) is 23.8 Å². The molecule has 152 valence electrons. The standard InChI is InChI=1S/C21H34N2O4/c1-16(2)13-18(23-9-11-27-12-10-23)15-22-21(24)8-5-17-14-19(25-3)6-7-20(17)26-4/h6-7,14,16,18H,5,8-13,15H2,1-4H3,(H,22,24). The van der Waals surface area contributed by atoms with Crippen LogP contribution in [0.15, 0.2) is 18.2 Å². The quantitative estimate of drug-likeness (QED) is 0.678. The zero-order chi connectivity index (χ0) is 19.6. The number of amides is 1. The predicted octanol–water partition coefficient (Wildman–Crippen LogP) is 2.50. The lowest BCUT2D eigenvalue weighted by Gasteiger charge is -2.35. The van der Waals surface area contributed by atoms with Crippen LogP contribution in [0.5, 0.6) is 11.5 Å². The molecule has 0 bridgehead atoms. The van der Waals surface area contributed by atoms with E-state index in [1.54, 1.807) is 14.2 Å². The summed E-state index contributed by atoms with van der Waals surface area (Å²) in [6.07, 6.45) is 2.13. The van der Waals surface area contributed by atoms with Crippen LogP contribution in [-0.2, 0) is 16.0 Å². The number of rotatable bonds is 10. The number of nitrogens with zero attached hydrogens (tertiary/aromatic N) is 1. The molecule has 0 aromatic heterocycles. The number of methoxy groups -OCH3 is 2. The maximum absolute atomic E-state index is 12.4. The van der Waals surface area contributed by atoms with Gasteiger partial charge in [0.15, 0.2) is 0 Å². The number of carbonyl (C=O) groups excluding carboxylic acids is 1. The van der Waals surface area contributed by atoms with Crippen LogP contribution in [0, 0.1) is 5.92 Å². The van der Waals surface area contributed by atoms with Crippen molar-refractivity contribution in [1.29, 1.82) is 0 Å². The van der Waals surface area contributed by atoms with Crippen molar-refractivity contribution < 1.29 is 19.0 Å². The van der Waals surface area contributed by atoms with Crippen LogP contribution in [0.1, 0.15) is 32.3 Å². The van der Waals surface area contributed by atoms with Gasteiger partial charge in [-0.3, -0.25) is 9.69 Å². The zero-order valence-corrected chi connectivity index (χ0v) is 17.1. The molecule has 1 saturated heterocycles. The zero-order valence-electron chi connectivity index (χ0n) is 17.1. The monoisotopic (exact) mass is 378 g/mol. The Balaban J connectivity index is 1.86. The van der Waals surface area contributed by atoms with Gasteiger partial charge in [-0.2, -0.15) is 0 Å². The summed E-state index contributed by atoms with van der Waals surface area (Å²) in [6, 6.07) is 6.04. The minimum atomic E-state index is 0.0712. The van der Waals surface area contributed by atoms with Gasteiger partial charge in [-0.25, -0.2) is 0 Å². The fourth-order valence-corrected chi connectivity index (χ4v) is 3.49. The Morgan fingerprint density at radius 2 is 1.96 bits per heavy atom. The third-order valence-electron chi connectivity index (χ3n) is 4.95. The molecule has 1 aliphatic heterocycles. The lowest BCUT2D eigenvalue weighted by molar-refractivity contribution is -0.121. The summed E-state index contributed by atoms with van der Waals surface area (Å²) < 4.78 is 16.1. The minimum absolute atomic E-state index is 0.0712. The van der Waals surface area contributed by atoms with Crippen molar-refractivity contribution >= 4 is 5.91 Å². The minimum Gasteiger partial charge on any atom is -0.497 e. The predicted molar refractivity (Wildman–Crippen MR) is 107 cm³/mol. The molecular weight excluding hydrogens is 344 g/mol. The van der Waals surface area contributed by atoms with Crippen molar-refractivity contribution in [3.8, 4) is 11.5 Å². The molecule has 1 aromatic rings. The molecule has 0 aliphatic carbocycles. The first-order valence-electron chi connectivity index (χ1n) is 9.83. The highest BCUT2D eigenvalue weighted by atomic mass is 16.5. The van der Waals surface area contributed by atoms with E-state index < -0.39 is 0 Å². The number of morpholine rings is 1. The van der Waals surface area contributed by atoms with Crippen LogP contribution in [-0.4, -0.2) is 63.9 Å². The van der Waals surface area contributed by atoms with Crippen molar-refractivity contribution in [2.24, 2.45) is 5.92 Å². The van der Waals surface area contributed by atoms with Crippen LogP contribution in [0.3, 0.4) is 0 Å². The first-order chi connectivity index (χ1) is 13.0. The molecule has 1 aromatic carbocycles. The van der Waals surface area contributed by atoms with Gasteiger partial charge >= 0.3 is 0 Å². The molecule has 1 fully saturated rings. The number of hydrogen-bond acceptors (Lipinski definition) is 5. The highest BCUT2D eigenvalue weighted by Gasteiger charge is 2.22. The summed E-state index contributed by atoms with van der Waals surface area (Å²) in [5.74, 6) is 2.22. The Labute approximate surface area is 163 Å². The Morgan fingerprint density at radius 3 is 2.59 bits per heavy atom. The van der Waals surface area contributed by atoms with Gasteiger partial charge in [0.05, 0.1) is 27.4 Å². The van der Waals surface area contributed by atoms with Gasteiger partial charge in [0.25, 0.3) is 0 Å². The molecule has 0 radical (unpaired) electrons. The number of aryl methyl sites for hydroxylation is 1. The first kappa shape index (κ1) is 21.5. The number of nitrogens with one attached hydrogen (secondary N) is 1. The molecule has 1 atom stereocenters. The summed E-state index contributed by atoms with van der Waals surface area (Å²) in [4.78, 5) is 14.9. The van der Waals surface area contributed by atoms with Crippen LogP contribution in [0.4, 0.5) is 0 Å². The summed E-state index contributed by atoms with van der Waals surface area (Å²) in [7, 11) is 3.28. The molecule has 6 heteroatoms. The van der Waals surface area contributed by atoms with E-state index >= 15 is 0 Å². The molecule has 1 unspecified atom stereocenters. The molecule has 0 saturated carbocycles. The molecule has 1 amide bonds. The molecule has 1 aliphatic rings. The van der Waals surface area contributed by atoms with E-state index in [4.69, 9.17) is 14.2 Å². The van der Waals surface area contributed by atoms with Gasteiger partial charge < -0.3 is 19.5 Å². The maximum atomic E-state index is 12.4. The molecule has 0 spiro atoms. The van der Waals surface area contributed by atoms with Crippen molar-refractivity contribution in [2.75, 3.05) is 47.1 Å². The smallest absolute Gasteiger partial charge is 0.220 e. The highest BCUT2D eigenvalue weighted by molar-refractivity contribution is 5.76. The SMILES string of the molecule is COc1ccc(OC)c(CCC(=O)NCC(CC(C)C)N2CCOCC2)c1. The third kappa shape index (κ3) is 7.03. The van der Waals surface area contributed by atoms with E-state index in [1.165, 1.54) is 0 Å². The number of ether oxygens (including phenoxy) is 3. The molecule has 1 N–H and O–H groups in total. The first-order valence-corrected chi connectivity index (χ1v) is 9.83. The van der Waals surface area contributed by atoms with Gasteiger partial charge in [0.2, 0.25) is 5.91 Å². The van der Waals surface area contributed by atoms with Gasteiger partial charge in [-0.05, 0) is 42.5 Å². The second kappa shape index (κ2) is 11.1. The fraction of sp³-hybridized carbons (Fsp3) is 0.667. The van der Waals surface area contributed by atoms with Crippen molar-refractivity contribution in [3.63, 3.8) is 0 Å². The lowest BCUT2D eigenvalue weighted by atomic mass is 10.0. The van der Waals surface area contributed by atoms with Gasteiger partial charge in [-0.15, -0.1) is 0 Å². The fourth-order valence-electron chi connectivity index (χ4n) is 3.49. The Hall–Kier alpha value is -1.79. The normalized spacial score (nSPS) is 16.2. The van der Waals surface area contributed by atoms with Gasteiger partial charge in [-0.1, -0.05) is 13.8 Å². The highest BCUT2D eigenvalue weighted by Crippen LogP contribution is 2.25. The van der Waals surface area contributed by atoms with Crippen molar-refractivity contribution in [1.82, 2.24) is 10.2 Å². The number of carbonyl (C=O) groups is 1. The maximum Gasteiger partial charge on any atom is 0.220 e. The van der Waals surface area contributed by atoms with E-state index in [0.29, 0.717) is 31.3 Å². The molecular formula is C21H34N2O4. The molecule has 27 heavy (non-hydrogen) atoms. The van der Waals surface area contributed by atoms with Crippen LogP contribution in [0.2, 0.25) is 0 Å². The van der Waals surface area contributed by atoms with Gasteiger partial charge in [0.1, 0.15) is 11.5 Å². The van der Waals surface area contributed by atoms with Crippen LogP contribution < -0.4 is 14.8 Å². The lowest BCUT2D eigenvalue weighted by Crippen LogP contribution is -2.49. The average Bonchev–Trinajstić information content (AvgIpc) is 2.69. The Morgan fingerprint density at radius 1 is 1.22 bits per heavy atom. The third-order valence-corrected chi connectivity index (χ3v) is 4.95. The number of benzene rings is 1. The van der Waals surface area contributed by atoms with E-state index in [0.717, 1.165) is 49.8 Å².